The molecule has 15 heavy (non-hydrogen) atoms. The smallest absolute Gasteiger partial charge is 0.163 e. The van der Waals surface area contributed by atoms with Crippen LogP contribution in [0.4, 0.5) is 0 Å². The third-order valence-corrected chi connectivity index (χ3v) is 3.06. The quantitative estimate of drug-likeness (QED) is 0.679. The molecule has 1 heteroatoms. The minimum atomic E-state index is 0.271. The number of ketones is 1. The highest BCUT2D eigenvalue weighted by molar-refractivity contribution is 5.96. The summed E-state index contributed by atoms with van der Waals surface area (Å²) < 4.78 is 0. The number of carbonyl (C=O) groups is 1. The molecule has 1 nitrogen and oxygen atoms in total. The Morgan fingerprint density at radius 2 is 1.93 bits per heavy atom. The number of hydrogen-bond donors (Lipinski definition) is 0. The maximum atomic E-state index is 11.9. The number of benzene rings is 1. The van der Waals surface area contributed by atoms with E-state index in [1.165, 1.54) is 11.1 Å². The lowest BCUT2D eigenvalue weighted by molar-refractivity contribution is 0.0963. The lowest BCUT2D eigenvalue weighted by Crippen LogP contribution is -2.05. The van der Waals surface area contributed by atoms with Crippen molar-refractivity contribution >= 4 is 5.78 Å². The Bertz CT molecular complexity index is 352. The molecule has 0 N–H and O–H groups in total. The van der Waals surface area contributed by atoms with Gasteiger partial charge in [-0.3, -0.25) is 4.79 Å². The van der Waals surface area contributed by atoms with E-state index in [0.717, 1.165) is 12.0 Å². The summed E-state index contributed by atoms with van der Waals surface area (Å²) in [5.41, 5.74) is 3.30. The first-order valence-corrected chi connectivity index (χ1v) is 5.65. The van der Waals surface area contributed by atoms with E-state index in [9.17, 15) is 4.79 Å². The maximum absolute atomic E-state index is 11.9. The highest BCUT2D eigenvalue weighted by atomic mass is 16.1. The largest absolute Gasteiger partial charge is 0.294 e. The third-order valence-electron chi connectivity index (χ3n) is 3.06. The van der Waals surface area contributed by atoms with Gasteiger partial charge in [0.1, 0.15) is 0 Å². The number of Topliss-reactive ketones (excluding diaryl/α,β-unsaturated/α-hetero) is 1. The lowest BCUT2D eigenvalue weighted by Gasteiger charge is -2.08. The zero-order valence-corrected chi connectivity index (χ0v) is 10.1. The van der Waals surface area contributed by atoms with E-state index in [1.54, 1.807) is 0 Å². The van der Waals surface area contributed by atoms with Gasteiger partial charge in [0.25, 0.3) is 0 Å². The minimum Gasteiger partial charge on any atom is -0.294 e. The molecule has 1 unspecified atom stereocenters. The van der Waals surface area contributed by atoms with Crippen molar-refractivity contribution in [1.29, 1.82) is 0 Å². The van der Waals surface area contributed by atoms with E-state index in [-0.39, 0.29) is 5.78 Å². The summed E-state index contributed by atoms with van der Waals surface area (Å²) in [5.74, 6) is 0.756. The van der Waals surface area contributed by atoms with E-state index in [0.29, 0.717) is 12.3 Å². The summed E-state index contributed by atoms with van der Waals surface area (Å²) in [6.45, 7) is 8.37. The fourth-order valence-electron chi connectivity index (χ4n) is 1.49. The topological polar surface area (TPSA) is 17.1 Å². The third kappa shape index (κ3) is 3.19. The summed E-state index contributed by atoms with van der Waals surface area (Å²) >= 11 is 0. The van der Waals surface area contributed by atoms with Crippen molar-refractivity contribution in [2.75, 3.05) is 0 Å². The van der Waals surface area contributed by atoms with Gasteiger partial charge in [0.2, 0.25) is 0 Å². The highest BCUT2D eigenvalue weighted by Gasteiger charge is 2.10. The van der Waals surface area contributed by atoms with Crippen LogP contribution in [-0.4, -0.2) is 5.78 Å². The van der Waals surface area contributed by atoms with Gasteiger partial charge in [-0.15, -0.1) is 0 Å². The van der Waals surface area contributed by atoms with Crippen molar-refractivity contribution in [3.05, 3.63) is 34.9 Å². The van der Waals surface area contributed by atoms with E-state index in [1.807, 2.05) is 18.2 Å². The Morgan fingerprint density at radius 3 is 2.47 bits per heavy atom. The van der Waals surface area contributed by atoms with Crippen LogP contribution < -0.4 is 0 Å². The van der Waals surface area contributed by atoms with Crippen molar-refractivity contribution in [3.8, 4) is 0 Å². The molecular weight excluding hydrogens is 184 g/mol. The highest BCUT2D eigenvalue weighted by Crippen LogP contribution is 2.15. The second kappa shape index (κ2) is 5.11. The summed E-state index contributed by atoms with van der Waals surface area (Å²) in [6, 6.07) is 5.96. The van der Waals surface area contributed by atoms with Crippen molar-refractivity contribution in [3.63, 3.8) is 0 Å². The van der Waals surface area contributed by atoms with Crippen LogP contribution in [0.15, 0.2) is 18.2 Å². The zero-order chi connectivity index (χ0) is 11.4. The molecule has 0 aliphatic heterocycles. The molecule has 0 heterocycles. The van der Waals surface area contributed by atoms with Gasteiger partial charge in [-0.2, -0.15) is 0 Å². The molecule has 0 bridgehead atoms. The van der Waals surface area contributed by atoms with Gasteiger partial charge in [-0.1, -0.05) is 32.4 Å². The molecule has 0 amide bonds. The van der Waals surface area contributed by atoms with Crippen molar-refractivity contribution in [2.24, 2.45) is 5.92 Å². The first kappa shape index (κ1) is 12.0. The van der Waals surface area contributed by atoms with Crippen LogP contribution in [0.1, 0.15) is 48.2 Å². The molecule has 0 saturated carbocycles. The van der Waals surface area contributed by atoms with Crippen LogP contribution in [0.5, 0.6) is 0 Å². The molecule has 0 radical (unpaired) electrons. The van der Waals surface area contributed by atoms with E-state index in [4.69, 9.17) is 0 Å². The molecular formula is C14H20O. The fraction of sp³-hybridized carbons (Fsp3) is 0.500. The second-order valence-electron chi connectivity index (χ2n) is 4.44. The van der Waals surface area contributed by atoms with Crippen LogP contribution in [0.2, 0.25) is 0 Å². The molecule has 1 aromatic rings. The molecule has 1 rings (SSSR count). The number of carbonyl (C=O) groups excluding carboxylic acids is 1. The van der Waals surface area contributed by atoms with Gasteiger partial charge < -0.3 is 0 Å². The molecule has 0 aliphatic carbocycles. The van der Waals surface area contributed by atoms with Gasteiger partial charge in [0, 0.05) is 12.0 Å². The molecule has 0 aromatic heterocycles. The number of hydrogen-bond acceptors (Lipinski definition) is 1. The Morgan fingerprint density at radius 1 is 1.27 bits per heavy atom. The van der Waals surface area contributed by atoms with Gasteiger partial charge in [-0.25, -0.2) is 0 Å². The van der Waals surface area contributed by atoms with Crippen molar-refractivity contribution in [2.45, 2.75) is 40.5 Å². The number of rotatable bonds is 4. The van der Waals surface area contributed by atoms with Crippen molar-refractivity contribution in [1.82, 2.24) is 0 Å². The predicted octanol–water partition coefficient (Wildman–Crippen LogP) is 3.92. The van der Waals surface area contributed by atoms with Gasteiger partial charge in [0.05, 0.1) is 0 Å². The normalized spacial score (nSPS) is 12.5. The Kier molecular flexibility index (Phi) is 4.07. The summed E-state index contributed by atoms with van der Waals surface area (Å²) in [4.78, 5) is 11.9. The molecule has 1 atom stereocenters. The monoisotopic (exact) mass is 204 g/mol. The average molecular weight is 204 g/mol. The van der Waals surface area contributed by atoms with Crippen LogP contribution in [0, 0.1) is 19.8 Å². The lowest BCUT2D eigenvalue weighted by atomic mass is 9.96. The van der Waals surface area contributed by atoms with Gasteiger partial charge in [0.15, 0.2) is 5.78 Å². The summed E-state index contributed by atoms with van der Waals surface area (Å²) in [5, 5.41) is 0. The molecule has 0 fully saturated rings. The molecule has 0 spiro atoms. The van der Waals surface area contributed by atoms with Crippen LogP contribution in [0.3, 0.4) is 0 Å². The van der Waals surface area contributed by atoms with E-state index >= 15 is 0 Å². The predicted molar refractivity (Wildman–Crippen MR) is 64.3 cm³/mol. The summed E-state index contributed by atoms with van der Waals surface area (Å²) in [6.07, 6.45) is 1.73. The van der Waals surface area contributed by atoms with Crippen LogP contribution >= 0.6 is 0 Å². The van der Waals surface area contributed by atoms with Gasteiger partial charge in [-0.05, 0) is 37.0 Å². The van der Waals surface area contributed by atoms with Crippen molar-refractivity contribution < 1.29 is 4.79 Å². The summed E-state index contributed by atoms with van der Waals surface area (Å²) in [7, 11) is 0. The maximum Gasteiger partial charge on any atom is 0.163 e. The second-order valence-corrected chi connectivity index (χ2v) is 4.44. The van der Waals surface area contributed by atoms with E-state index in [2.05, 4.69) is 27.7 Å². The average Bonchev–Trinajstić information content (AvgIpc) is 2.21. The number of aryl methyl sites for hydroxylation is 2. The molecule has 1 aromatic carbocycles. The SMILES string of the molecule is CCC(C)CC(=O)c1ccc(C)c(C)c1. The van der Waals surface area contributed by atoms with E-state index < -0.39 is 0 Å². The van der Waals surface area contributed by atoms with Gasteiger partial charge >= 0.3 is 0 Å². The first-order valence-electron chi connectivity index (χ1n) is 5.65. The zero-order valence-electron chi connectivity index (χ0n) is 10.1. The molecule has 0 aliphatic rings. The molecule has 0 saturated heterocycles. The van der Waals surface area contributed by atoms with Crippen LogP contribution in [-0.2, 0) is 0 Å². The fourth-order valence-corrected chi connectivity index (χ4v) is 1.49. The van der Waals surface area contributed by atoms with Crippen LogP contribution in [0.25, 0.3) is 0 Å². The Balaban J connectivity index is 2.78. The molecule has 82 valence electrons. The minimum absolute atomic E-state index is 0.271. The first-order chi connectivity index (χ1) is 7.04. The Labute approximate surface area is 92.5 Å². The Hall–Kier alpha value is -1.11. The standard InChI is InChI=1S/C14H20O/c1-5-10(2)8-14(15)13-7-6-11(3)12(4)9-13/h6-7,9-10H,5,8H2,1-4H3.